The Hall–Kier alpha value is -2.32. The Balaban J connectivity index is 1.52. The summed E-state index contributed by atoms with van der Waals surface area (Å²) < 4.78 is 5.46. The lowest BCUT2D eigenvalue weighted by Crippen LogP contribution is -2.66. The van der Waals surface area contributed by atoms with Gasteiger partial charge in [-0.05, 0) is 29.7 Å². The number of carbonyl (C=O) groups is 2. The number of nitrogens with zero attached hydrogens (tertiary/aromatic N) is 3. The van der Waals surface area contributed by atoms with Crippen LogP contribution in [0.15, 0.2) is 30.3 Å². The first-order valence-corrected chi connectivity index (χ1v) is 11.5. The summed E-state index contributed by atoms with van der Waals surface area (Å²) in [6, 6.07) is 9.16. The number of likely N-dealkylation sites (tertiary alicyclic amines) is 1. The lowest BCUT2D eigenvalue weighted by molar-refractivity contribution is -0.0483. The molecule has 0 bridgehead atoms. The van der Waals surface area contributed by atoms with Crippen molar-refractivity contribution < 1.29 is 24.5 Å². The fourth-order valence-corrected chi connectivity index (χ4v) is 5.09. The van der Waals surface area contributed by atoms with Crippen LogP contribution in [0.2, 0.25) is 0 Å². The molecule has 2 aliphatic rings. The standard InChI is InChI=1S/C24H37N3O5/c1-24(2,3)21-20(16-28)26(13-14-27(21)22(29)30)15-18-9-11-25(12-10-18)23(31)32-17-19-7-5-4-6-8-19/h4-8,18,20-21,28H,9-17H2,1-3H3,(H,29,30). The molecule has 1 aromatic carbocycles. The number of piperazine rings is 1. The molecule has 0 aromatic heterocycles. The summed E-state index contributed by atoms with van der Waals surface area (Å²) in [6.45, 7) is 9.45. The van der Waals surface area contributed by atoms with E-state index in [-0.39, 0.29) is 36.8 Å². The number of hydrogen-bond donors (Lipinski definition) is 2. The van der Waals surface area contributed by atoms with Crippen molar-refractivity contribution >= 4 is 12.2 Å². The van der Waals surface area contributed by atoms with Crippen molar-refractivity contribution in [1.82, 2.24) is 14.7 Å². The Morgan fingerprint density at radius 2 is 1.72 bits per heavy atom. The molecule has 0 aliphatic carbocycles. The van der Waals surface area contributed by atoms with E-state index in [1.807, 2.05) is 51.1 Å². The van der Waals surface area contributed by atoms with E-state index in [4.69, 9.17) is 4.74 Å². The Bertz CT molecular complexity index is 759. The third-order valence-electron chi connectivity index (χ3n) is 6.69. The highest BCUT2D eigenvalue weighted by atomic mass is 16.6. The van der Waals surface area contributed by atoms with E-state index in [1.165, 1.54) is 4.90 Å². The molecule has 0 radical (unpaired) electrons. The topological polar surface area (TPSA) is 93.6 Å². The zero-order valence-corrected chi connectivity index (χ0v) is 19.4. The zero-order chi connectivity index (χ0) is 23.3. The first-order chi connectivity index (χ1) is 15.2. The molecule has 2 amide bonds. The van der Waals surface area contributed by atoms with Gasteiger partial charge in [-0.15, -0.1) is 0 Å². The van der Waals surface area contributed by atoms with Crippen LogP contribution in [-0.2, 0) is 11.3 Å². The second kappa shape index (κ2) is 10.5. The lowest BCUT2D eigenvalue weighted by atomic mass is 9.79. The number of aliphatic hydroxyl groups excluding tert-OH is 1. The van der Waals surface area contributed by atoms with Gasteiger partial charge in [0.05, 0.1) is 18.7 Å². The predicted octanol–water partition coefficient (Wildman–Crippen LogP) is 3.11. The quantitative estimate of drug-likeness (QED) is 0.720. The maximum absolute atomic E-state index is 12.4. The molecule has 178 valence electrons. The molecule has 2 aliphatic heterocycles. The summed E-state index contributed by atoms with van der Waals surface area (Å²) in [4.78, 5) is 29.7. The van der Waals surface area contributed by atoms with Crippen LogP contribution in [0.5, 0.6) is 0 Å². The van der Waals surface area contributed by atoms with Crippen molar-refractivity contribution in [2.24, 2.45) is 11.3 Å². The first-order valence-electron chi connectivity index (χ1n) is 11.5. The number of carbonyl (C=O) groups excluding carboxylic acids is 1. The van der Waals surface area contributed by atoms with Crippen LogP contribution >= 0.6 is 0 Å². The molecule has 2 fully saturated rings. The lowest BCUT2D eigenvalue weighted by Gasteiger charge is -2.52. The summed E-state index contributed by atoms with van der Waals surface area (Å²) >= 11 is 0. The van der Waals surface area contributed by atoms with E-state index in [0.29, 0.717) is 32.1 Å². The molecule has 32 heavy (non-hydrogen) atoms. The highest BCUT2D eigenvalue weighted by Crippen LogP contribution is 2.33. The van der Waals surface area contributed by atoms with Gasteiger partial charge in [0.1, 0.15) is 6.61 Å². The number of hydrogen-bond acceptors (Lipinski definition) is 5. The molecule has 2 N–H and O–H groups in total. The van der Waals surface area contributed by atoms with Gasteiger partial charge in [-0.2, -0.15) is 0 Å². The molecule has 2 atom stereocenters. The number of aliphatic hydroxyl groups is 1. The molecule has 8 heteroatoms. The van der Waals surface area contributed by atoms with Crippen molar-refractivity contribution in [3.05, 3.63) is 35.9 Å². The van der Waals surface area contributed by atoms with Crippen molar-refractivity contribution in [2.75, 3.05) is 39.3 Å². The van der Waals surface area contributed by atoms with Gasteiger partial charge < -0.3 is 24.7 Å². The maximum atomic E-state index is 12.4. The van der Waals surface area contributed by atoms with Gasteiger partial charge in [-0.3, -0.25) is 4.90 Å². The van der Waals surface area contributed by atoms with Gasteiger partial charge in [-0.1, -0.05) is 51.1 Å². The van der Waals surface area contributed by atoms with E-state index < -0.39 is 6.09 Å². The minimum atomic E-state index is -0.926. The summed E-state index contributed by atoms with van der Waals surface area (Å²) in [5, 5.41) is 19.8. The number of amides is 2. The molecule has 0 spiro atoms. The fourth-order valence-electron chi connectivity index (χ4n) is 5.09. The van der Waals surface area contributed by atoms with E-state index in [1.54, 1.807) is 4.90 Å². The van der Waals surface area contributed by atoms with Gasteiger partial charge >= 0.3 is 12.2 Å². The van der Waals surface area contributed by atoms with Crippen LogP contribution in [0.3, 0.4) is 0 Å². The van der Waals surface area contributed by atoms with Crippen LogP contribution in [-0.4, -0.2) is 88.5 Å². The second-order valence-corrected chi connectivity index (χ2v) is 10.0. The Labute approximate surface area is 190 Å². The smallest absolute Gasteiger partial charge is 0.410 e. The van der Waals surface area contributed by atoms with E-state index in [0.717, 1.165) is 24.9 Å². The number of ether oxygens (including phenoxy) is 1. The molecule has 2 heterocycles. The minimum Gasteiger partial charge on any atom is -0.465 e. The molecule has 1 aromatic rings. The average molecular weight is 448 g/mol. The summed E-state index contributed by atoms with van der Waals surface area (Å²) in [5.74, 6) is 0.402. The monoisotopic (exact) mass is 447 g/mol. The molecule has 2 unspecified atom stereocenters. The Morgan fingerprint density at radius 3 is 2.28 bits per heavy atom. The average Bonchev–Trinajstić information content (AvgIpc) is 2.77. The van der Waals surface area contributed by atoms with Crippen LogP contribution in [0, 0.1) is 11.3 Å². The number of carboxylic acid groups (broad SMARTS) is 1. The van der Waals surface area contributed by atoms with E-state index in [2.05, 4.69) is 4.90 Å². The van der Waals surface area contributed by atoms with Gasteiger partial charge in [0.2, 0.25) is 0 Å². The molecule has 2 saturated heterocycles. The van der Waals surface area contributed by atoms with Crippen molar-refractivity contribution in [3.63, 3.8) is 0 Å². The zero-order valence-electron chi connectivity index (χ0n) is 19.4. The minimum absolute atomic E-state index is 0.0730. The van der Waals surface area contributed by atoms with E-state index in [9.17, 15) is 19.8 Å². The Kier molecular flexibility index (Phi) is 8.00. The van der Waals surface area contributed by atoms with Crippen molar-refractivity contribution in [3.8, 4) is 0 Å². The predicted molar refractivity (Wildman–Crippen MR) is 121 cm³/mol. The maximum Gasteiger partial charge on any atom is 0.410 e. The van der Waals surface area contributed by atoms with Crippen LogP contribution < -0.4 is 0 Å². The number of piperidine rings is 1. The summed E-state index contributed by atoms with van der Waals surface area (Å²) in [7, 11) is 0. The van der Waals surface area contributed by atoms with Crippen molar-refractivity contribution in [1.29, 1.82) is 0 Å². The highest BCUT2D eigenvalue weighted by Gasteiger charge is 2.45. The molecular formula is C24H37N3O5. The first kappa shape index (κ1) is 24.3. The second-order valence-electron chi connectivity index (χ2n) is 10.0. The number of benzene rings is 1. The molecule has 8 nitrogen and oxygen atoms in total. The van der Waals surface area contributed by atoms with Gasteiger partial charge in [0.15, 0.2) is 0 Å². The molecular weight excluding hydrogens is 410 g/mol. The highest BCUT2D eigenvalue weighted by molar-refractivity contribution is 5.67. The van der Waals surface area contributed by atoms with Crippen LogP contribution in [0.4, 0.5) is 9.59 Å². The third kappa shape index (κ3) is 5.92. The normalized spacial score (nSPS) is 23.2. The van der Waals surface area contributed by atoms with Crippen molar-refractivity contribution in [2.45, 2.75) is 52.3 Å². The van der Waals surface area contributed by atoms with Crippen LogP contribution in [0.25, 0.3) is 0 Å². The van der Waals surface area contributed by atoms with E-state index >= 15 is 0 Å². The summed E-state index contributed by atoms with van der Waals surface area (Å²) in [6.07, 6.45) is 0.546. The van der Waals surface area contributed by atoms with Gasteiger partial charge in [0, 0.05) is 32.7 Å². The molecule has 0 saturated carbocycles. The Morgan fingerprint density at radius 1 is 1.06 bits per heavy atom. The largest absolute Gasteiger partial charge is 0.465 e. The number of rotatable bonds is 5. The third-order valence-corrected chi connectivity index (χ3v) is 6.69. The SMILES string of the molecule is CC(C)(C)C1C(CO)N(CC2CCN(C(=O)OCc3ccccc3)CC2)CCN1C(=O)O. The fraction of sp³-hybridized carbons (Fsp3) is 0.667. The summed E-state index contributed by atoms with van der Waals surface area (Å²) in [5.41, 5.74) is 0.691. The van der Waals surface area contributed by atoms with Gasteiger partial charge in [-0.25, -0.2) is 9.59 Å². The molecule has 3 rings (SSSR count). The van der Waals surface area contributed by atoms with Crippen LogP contribution in [0.1, 0.15) is 39.2 Å². The van der Waals surface area contributed by atoms with Gasteiger partial charge in [0.25, 0.3) is 0 Å².